The Balaban J connectivity index is 2.48. The fraction of sp³-hybridized carbons (Fsp3) is 0.818. The van der Waals surface area contributed by atoms with Gasteiger partial charge in [-0.15, -0.1) is 12.1 Å². The molecule has 0 unspecified atom stereocenters. The van der Waals surface area contributed by atoms with E-state index in [1.165, 1.54) is 0 Å². The van der Waals surface area contributed by atoms with Crippen molar-refractivity contribution >= 4 is 6.98 Å². The van der Waals surface area contributed by atoms with Gasteiger partial charge in [-0.25, -0.2) is 0 Å². The second kappa shape index (κ2) is 4.82. The van der Waals surface area contributed by atoms with Crippen LogP contribution in [0.15, 0.2) is 12.1 Å². The van der Waals surface area contributed by atoms with Crippen LogP contribution in [0.5, 0.6) is 0 Å². The molecule has 1 nitrogen and oxygen atoms in total. The molecule has 0 aromatic rings. The van der Waals surface area contributed by atoms with Crippen LogP contribution in [0.3, 0.4) is 0 Å². The second-order valence-corrected chi connectivity index (χ2v) is 5.53. The van der Waals surface area contributed by atoms with Crippen LogP contribution in [0.25, 0.3) is 0 Å². The van der Waals surface area contributed by atoms with E-state index in [1.54, 1.807) is 0 Å². The van der Waals surface area contributed by atoms with Crippen LogP contribution < -0.4 is 0 Å². The van der Waals surface area contributed by atoms with E-state index >= 15 is 0 Å². The summed E-state index contributed by atoms with van der Waals surface area (Å²) in [5.41, 5.74) is -0.306. The zero-order valence-electron chi connectivity index (χ0n) is 10.1. The molecule has 0 spiro atoms. The maximum Gasteiger partial charge on any atom is 0.506 e. The van der Waals surface area contributed by atoms with Crippen LogP contribution in [0.1, 0.15) is 33.1 Å². The highest BCUT2D eigenvalue weighted by Gasteiger charge is 2.29. The number of hydrogen-bond donors (Lipinski definition) is 0. The van der Waals surface area contributed by atoms with Crippen LogP contribution in [0.4, 0.5) is 12.9 Å². The van der Waals surface area contributed by atoms with E-state index in [2.05, 4.69) is 20.4 Å². The smallest absolute Gasteiger partial charge is 0.445 e. The van der Waals surface area contributed by atoms with E-state index in [9.17, 15) is 12.9 Å². The Morgan fingerprint density at radius 2 is 1.88 bits per heavy atom. The minimum absolute atomic E-state index is 0.0143. The van der Waals surface area contributed by atoms with Gasteiger partial charge in [-0.05, 0) is 44.3 Å². The third-order valence-corrected chi connectivity index (χ3v) is 3.32. The molecule has 1 fully saturated rings. The van der Waals surface area contributed by atoms with E-state index in [1.807, 2.05) is 4.90 Å². The lowest BCUT2D eigenvalue weighted by Gasteiger charge is -2.27. The van der Waals surface area contributed by atoms with Gasteiger partial charge in [-0.3, -0.25) is 0 Å². The van der Waals surface area contributed by atoms with Gasteiger partial charge >= 0.3 is 6.98 Å². The van der Waals surface area contributed by atoms with E-state index in [4.69, 9.17) is 0 Å². The van der Waals surface area contributed by atoms with E-state index < -0.39 is 12.4 Å². The van der Waals surface area contributed by atoms with Crippen LogP contribution in [-0.4, -0.2) is 31.5 Å². The number of rotatable bonds is 3. The normalized spacial score (nSPS) is 22.8. The molecule has 0 saturated carbocycles. The third kappa shape index (κ3) is 4.20. The van der Waals surface area contributed by atoms with Crippen molar-refractivity contribution in [2.75, 3.05) is 19.6 Å². The summed E-state index contributed by atoms with van der Waals surface area (Å²) in [5.74, 6) is 0. The molecule has 94 valence electrons. The maximum absolute atomic E-state index is 12.4. The van der Waals surface area contributed by atoms with Gasteiger partial charge < -0.3 is 17.8 Å². The first-order valence-corrected chi connectivity index (χ1v) is 5.81. The predicted molar refractivity (Wildman–Crippen MR) is 62.3 cm³/mol. The summed E-state index contributed by atoms with van der Waals surface area (Å²) in [5, 5.41) is 0. The molecule has 16 heavy (non-hydrogen) atoms. The van der Waals surface area contributed by atoms with Crippen molar-refractivity contribution in [2.24, 2.45) is 5.41 Å². The minimum Gasteiger partial charge on any atom is -0.445 e. The van der Waals surface area contributed by atoms with Crippen LogP contribution >= 0.6 is 0 Å². The Morgan fingerprint density at radius 1 is 1.25 bits per heavy atom. The summed E-state index contributed by atoms with van der Waals surface area (Å²) in [6, 6.07) is 0. The largest absolute Gasteiger partial charge is 0.506 e. The quantitative estimate of drug-likeness (QED) is 0.676. The Hall–Kier alpha value is -0.445. The van der Waals surface area contributed by atoms with Gasteiger partial charge in [-0.2, -0.15) is 0 Å². The Kier molecular flexibility index (Phi) is 4.10. The Morgan fingerprint density at radius 3 is 2.44 bits per heavy atom. The molecule has 0 radical (unpaired) electrons. The summed E-state index contributed by atoms with van der Waals surface area (Å²) in [7, 11) is 0. The molecule has 1 aliphatic rings. The average molecular weight is 234 g/mol. The van der Waals surface area contributed by atoms with Gasteiger partial charge in [-0.1, -0.05) is 13.8 Å². The zero-order chi connectivity index (χ0) is 12.4. The molecular formula is C11H20BF3N-. The number of halogens is 3. The highest BCUT2D eigenvalue weighted by atomic mass is 19.4. The average Bonchev–Trinajstić information content (AvgIpc) is 2.26. The molecule has 1 heterocycles. The molecule has 0 aliphatic carbocycles. The van der Waals surface area contributed by atoms with Gasteiger partial charge in [0.1, 0.15) is 0 Å². The number of nitrogens with zero attached hydrogens (tertiary/aromatic N) is 1. The molecule has 0 N–H and O–H groups in total. The van der Waals surface area contributed by atoms with Gasteiger partial charge in [0.25, 0.3) is 0 Å². The molecule has 1 aliphatic heterocycles. The van der Waals surface area contributed by atoms with Gasteiger partial charge in [0.05, 0.1) is 0 Å². The van der Waals surface area contributed by atoms with Crippen LogP contribution in [-0.2, 0) is 0 Å². The van der Waals surface area contributed by atoms with Crippen LogP contribution in [0.2, 0.25) is 0 Å². The standard InChI is InChI=1S/C11H20BF3N/c1-10(12(13,14)15)9-16-7-4-5-11(2,3)6-8-16/h1,4-9H2,2-3H3/q-1. The topological polar surface area (TPSA) is 3.24 Å². The predicted octanol–water partition coefficient (Wildman–Crippen LogP) is 3.44. The molecule has 5 heteroatoms. The first-order chi connectivity index (χ1) is 7.21. The van der Waals surface area contributed by atoms with Crippen molar-refractivity contribution in [2.45, 2.75) is 33.1 Å². The van der Waals surface area contributed by atoms with Gasteiger partial charge in [0.15, 0.2) is 0 Å². The van der Waals surface area contributed by atoms with Crippen molar-refractivity contribution in [1.82, 2.24) is 4.90 Å². The lowest BCUT2D eigenvalue weighted by molar-refractivity contribution is 0.277. The summed E-state index contributed by atoms with van der Waals surface area (Å²) in [6.45, 7) is 4.13. The van der Waals surface area contributed by atoms with Crippen molar-refractivity contribution in [1.29, 1.82) is 0 Å². The fourth-order valence-corrected chi connectivity index (χ4v) is 2.03. The van der Waals surface area contributed by atoms with Gasteiger partial charge in [0, 0.05) is 0 Å². The summed E-state index contributed by atoms with van der Waals surface area (Å²) < 4.78 is 37.2. The monoisotopic (exact) mass is 234 g/mol. The molecule has 1 saturated heterocycles. The van der Waals surface area contributed by atoms with Gasteiger partial charge in [0.2, 0.25) is 0 Å². The molecule has 0 aromatic carbocycles. The summed E-state index contributed by atoms with van der Waals surface area (Å²) in [6.07, 6.45) is 3.03. The zero-order valence-corrected chi connectivity index (χ0v) is 10.1. The third-order valence-electron chi connectivity index (χ3n) is 3.32. The first kappa shape index (κ1) is 13.6. The molecule has 0 bridgehead atoms. The minimum atomic E-state index is -4.87. The van der Waals surface area contributed by atoms with E-state index in [-0.39, 0.29) is 12.0 Å². The van der Waals surface area contributed by atoms with E-state index in [0.717, 1.165) is 32.4 Å². The summed E-state index contributed by atoms with van der Waals surface area (Å²) in [4.78, 5) is 1.88. The number of likely N-dealkylation sites (tertiary alicyclic amines) is 1. The molecule has 0 atom stereocenters. The van der Waals surface area contributed by atoms with Crippen molar-refractivity contribution in [3.05, 3.63) is 12.1 Å². The van der Waals surface area contributed by atoms with Crippen molar-refractivity contribution in [3.8, 4) is 0 Å². The fourth-order valence-electron chi connectivity index (χ4n) is 2.03. The summed E-state index contributed by atoms with van der Waals surface area (Å²) >= 11 is 0. The Labute approximate surface area is 95.8 Å². The molecule has 0 aromatic heterocycles. The van der Waals surface area contributed by atoms with Crippen molar-refractivity contribution < 1.29 is 12.9 Å². The lowest BCUT2D eigenvalue weighted by Crippen LogP contribution is -2.33. The van der Waals surface area contributed by atoms with E-state index in [0.29, 0.717) is 0 Å². The highest BCUT2D eigenvalue weighted by molar-refractivity contribution is 6.66. The Bertz CT molecular complexity index is 260. The highest BCUT2D eigenvalue weighted by Crippen LogP contribution is 2.30. The molecule has 0 amide bonds. The van der Waals surface area contributed by atoms with Crippen molar-refractivity contribution in [3.63, 3.8) is 0 Å². The molecule has 1 rings (SSSR count). The molecular weight excluding hydrogens is 214 g/mol. The maximum atomic E-state index is 12.4. The second-order valence-electron chi connectivity index (χ2n) is 5.53. The lowest BCUT2D eigenvalue weighted by atomic mass is 9.80. The SMILES string of the molecule is C=C(CN1CCCC(C)(C)CC1)[B-](F)(F)F. The van der Waals surface area contributed by atoms with Crippen LogP contribution in [0, 0.1) is 5.41 Å². The first-order valence-electron chi connectivity index (χ1n) is 5.81. The number of hydrogen-bond acceptors (Lipinski definition) is 1.